The molecule has 1 aromatic rings. The summed E-state index contributed by atoms with van der Waals surface area (Å²) in [4.78, 5) is 20.9. The maximum atomic E-state index is 12.4. The number of nitrogen functional groups attached to an aromatic ring is 1. The lowest BCUT2D eigenvalue weighted by atomic mass is 9.95. The Kier molecular flexibility index (Phi) is 5.45. The Balaban J connectivity index is 2.07. The van der Waals surface area contributed by atoms with E-state index in [4.69, 9.17) is 5.73 Å². The molecule has 0 aromatic carbocycles. The molecule has 3 N–H and O–H groups in total. The SMILES string of the molecule is CSC1CCCC(NC(=O)c2nc(C(C)C)ncc2N)C1. The molecule has 1 saturated carbocycles. The summed E-state index contributed by atoms with van der Waals surface area (Å²) >= 11 is 1.88. The summed E-state index contributed by atoms with van der Waals surface area (Å²) in [6.07, 6.45) is 8.11. The zero-order valence-electron chi connectivity index (χ0n) is 12.9. The zero-order chi connectivity index (χ0) is 15.4. The van der Waals surface area contributed by atoms with Crippen LogP contribution in [0.15, 0.2) is 6.20 Å². The van der Waals surface area contributed by atoms with E-state index in [0.717, 1.165) is 19.3 Å². The number of rotatable bonds is 4. The molecule has 0 bridgehead atoms. The van der Waals surface area contributed by atoms with Crippen molar-refractivity contribution in [2.24, 2.45) is 0 Å². The predicted molar refractivity (Wildman–Crippen MR) is 87.6 cm³/mol. The van der Waals surface area contributed by atoms with Gasteiger partial charge in [0.1, 0.15) is 5.82 Å². The van der Waals surface area contributed by atoms with E-state index in [1.807, 2.05) is 25.6 Å². The van der Waals surface area contributed by atoms with Gasteiger partial charge >= 0.3 is 0 Å². The molecule has 1 amide bonds. The monoisotopic (exact) mass is 308 g/mol. The van der Waals surface area contributed by atoms with Crippen LogP contribution in [0.5, 0.6) is 0 Å². The Morgan fingerprint density at radius 3 is 2.90 bits per heavy atom. The molecule has 21 heavy (non-hydrogen) atoms. The van der Waals surface area contributed by atoms with Crippen LogP contribution in [0, 0.1) is 0 Å². The minimum absolute atomic E-state index is 0.174. The summed E-state index contributed by atoms with van der Waals surface area (Å²) in [6.45, 7) is 3.99. The summed E-state index contributed by atoms with van der Waals surface area (Å²) in [5.41, 5.74) is 6.51. The first kappa shape index (κ1) is 16.1. The molecule has 2 atom stereocenters. The van der Waals surface area contributed by atoms with Crippen molar-refractivity contribution in [3.05, 3.63) is 17.7 Å². The van der Waals surface area contributed by atoms with Gasteiger partial charge in [0, 0.05) is 17.2 Å². The largest absolute Gasteiger partial charge is 0.396 e. The van der Waals surface area contributed by atoms with E-state index in [-0.39, 0.29) is 17.9 Å². The molecule has 6 heteroatoms. The lowest BCUT2D eigenvalue weighted by Crippen LogP contribution is -2.39. The fraction of sp³-hybridized carbons (Fsp3) is 0.667. The van der Waals surface area contributed by atoms with Crippen molar-refractivity contribution in [3.8, 4) is 0 Å². The third-order valence-corrected chi connectivity index (χ3v) is 4.96. The van der Waals surface area contributed by atoms with Crippen molar-refractivity contribution in [3.63, 3.8) is 0 Å². The van der Waals surface area contributed by atoms with Gasteiger partial charge in [0.2, 0.25) is 0 Å². The van der Waals surface area contributed by atoms with Crippen molar-refractivity contribution in [2.45, 2.75) is 56.7 Å². The molecule has 1 fully saturated rings. The highest BCUT2D eigenvalue weighted by atomic mass is 32.2. The van der Waals surface area contributed by atoms with Gasteiger partial charge < -0.3 is 11.1 Å². The van der Waals surface area contributed by atoms with Crippen LogP contribution in [0.25, 0.3) is 0 Å². The highest BCUT2D eigenvalue weighted by molar-refractivity contribution is 7.99. The Labute approximate surface area is 130 Å². The number of hydrogen-bond donors (Lipinski definition) is 2. The number of nitrogens with zero attached hydrogens (tertiary/aromatic N) is 2. The molecule has 0 aliphatic heterocycles. The fourth-order valence-corrected chi connectivity index (χ4v) is 3.44. The molecule has 1 aliphatic carbocycles. The first-order valence-corrected chi connectivity index (χ1v) is 8.76. The van der Waals surface area contributed by atoms with Crippen LogP contribution in [0.3, 0.4) is 0 Å². The molecular weight excluding hydrogens is 284 g/mol. The maximum absolute atomic E-state index is 12.4. The summed E-state index contributed by atoms with van der Waals surface area (Å²) in [5, 5.41) is 3.72. The van der Waals surface area contributed by atoms with E-state index in [1.54, 1.807) is 0 Å². The number of hydrogen-bond acceptors (Lipinski definition) is 5. The van der Waals surface area contributed by atoms with E-state index >= 15 is 0 Å². The van der Waals surface area contributed by atoms with Gasteiger partial charge in [0.25, 0.3) is 5.91 Å². The zero-order valence-corrected chi connectivity index (χ0v) is 13.7. The van der Waals surface area contributed by atoms with Crippen LogP contribution in [0.4, 0.5) is 5.69 Å². The van der Waals surface area contributed by atoms with Crippen molar-refractivity contribution < 1.29 is 4.79 Å². The van der Waals surface area contributed by atoms with Gasteiger partial charge in [-0.05, 0) is 25.5 Å². The second kappa shape index (κ2) is 7.11. The van der Waals surface area contributed by atoms with Gasteiger partial charge in [-0.3, -0.25) is 4.79 Å². The minimum atomic E-state index is -0.177. The number of anilines is 1. The van der Waals surface area contributed by atoms with Crippen LogP contribution >= 0.6 is 11.8 Å². The second-order valence-corrected chi connectivity index (χ2v) is 7.02. The first-order chi connectivity index (χ1) is 10.0. The molecule has 1 aromatic heterocycles. The third-order valence-electron chi connectivity index (χ3n) is 3.86. The van der Waals surface area contributed by atoms with Crippen LogP contribution in [-0.4, -0.2) is 33.4 Å². The fourth-order valence-electron chi connectivity index (χ4n) is 2.61. The third kappa shape index (κ3) is 4.09. The molecule has 5 nitrogen and oxygen atoms in total. The number of nitrogens with two attached hydrogens (primary N) is 1. The van der Waals surface area contributed by atoms with E-state index < -0.39 is 0 Å². The van der Waals surface area contributed by atoms with Crippen LogP contribution in [0.2, 0.25) is 0 Å². The van der Waals surface area contributed by atoms with Gasteiger partial charge in [-0.15, -0.1) is 0 Å². The number of thioether (sulfide) groups is 1. The molecule has 0 saturated heterocycles. The normalized spacial score (nSPS) is 22.3. The van der Waals surface area contributed by atoms with E-state index in [1.165, 1.54) is 12.6 Å². The number of carbonyl (C=O) groups excluding carboxylic acids is 1. The smallest absolute Gasteiger partial charge is 0.272 e. The molecule has 0 radical (unpaired) electrons. The Morgan fingerprint density at radius 1 is 1.48 bits per heavy atom. The summed E-state index contributed by atoms with van der Waals surface area (Å²) in [5.74, 6) is 0.649. The highest BCUT2D eigenvalue weighted by Crippen LogP contribution is 2.27. The molecule has 0 spiro atoms. The first-order valence-electron chi connectivity index (χ1n) is 7.47. The molecule has 2 rings (SSSR count). The Morgan fingerprint density at radius 2 is 2.24 bits per heavy atom. The number of aromatic nitrogens is 2. The van der Waals surface area contributed by atoms with E-state index in [2.05, 4.69) is 21.5 Å². The molecule has 116 valence electrons. The van der Waals surface area contributed by atoms with Crippen LogP contribution in [0.1, 0.15) is 61.8 Å². The van der Waals surface area contributed by atoms with Gasteiger partial charge in [-0.1, -0.05) is 20.3 Å². The van der Waals surface area contributed by atoms with Gasteiger partial charge in [0.15, 0.2) is 5.69 Å². The maximum Gasteiger partial charge on any atom is 0.272 e. The lowest BCUT2D eigenvalue weighted by Gasteiger charge is -2.28. The average Bonchev–Trinajstić information content (AvgIpc) is 2.47. The highest BCUT2D eigenvalue weighted by Gasteiger charge is 2.24. The average molecular weight is 308 g/mol. The topological polar surface area (TPSA) is 80.9 Å². The van der Waals surface area contributed by atoms with Crippen molar-refractivity contribution in [2.75, 3.05) is 12.0 Å². The molecular formula is C15H24N4OS. The number of carbonyl (C=O) groups is 1. The van der Waals surface area contributed by atoms with Gasteiger partial charge in [0.05, 0.1) is 11.9 Å². The van der Waals surface area contributed by atoms with Crippen molar-refractivity contribution >= 4 is 23.4 Å². The number of amides is 1. The molecule has 1 aliphatic rings. The quantitative estimate of drug-likeness (QED) is 0.893. The standard InChI is InChI=1S/C15H24N4OS/c1-9(2)14-17-8-12(16)13(19-14)15(20)18-10-5-4-6-11(7-10)21-3/h8-11H,4-7,16H2,1-3H3,(H,18,20). The summed E-state index contributed by atoms with van der Waals surface area (Å²) < 4.78 is 0. The van der Waals surface area contributed by atoms with Crippen LogP contribution in [-0.2, 0) is 0 Å². The van der Waals surface area contributed by atoms with Crippen LogP contribution < -0.4 is 11.1 Å². The lowest BCUT2D eigenvalue weighted by molar-refractivity contribution is 0.0924. The summed E-state index contributed by atoms with van der Waals surface area (Å²) in [6, 6.07) is 0.223. The van der Waals surface area contributed by atoms with Crippen molar-refractivity contribution in [1.82, 2.24) is 15.3 Å². The summed E-state index contributed by atoms with van der Waals surface area (Å²) in [7, 11) is 0. The minimum Gasteiger partial charge on any atom is -0.396 e. The predicted octanol–water partition coefficient (Wildman–Crippen LogP) is 2.59. The van der Waals surface area contributed by atoms with Crippen molar-refractivity contribution in [1.29, 1.82) is 0 Å². The van der Waals surface area contributed by atoms with Gasteiger partial charge in [-0.2, -0.15) is 11.8 Å². The van der Waals surface area contributed by atoms with Gasteiger partial charge in [-0.25, -0.2) is 9.97 Å². The number of nitrogens with one attached hydrogen (secondary N) is 1. The molecule has 2 unspecified atom stereocenters. The second-order valence-electron chi connectivity index (χ2n) is 5.88. The Hall–Kier alpha value is -1.30. The Bertz CT molecular complexity index is 506. The molecule has 1 heterocycles. The van der Waals surface area contributed by atoms with E-state index in [0.29, 0.717) is 22.5 Å². The van der Waals surface area contributed by atoms with E-state index in [9.17, 15) is 4.79 Å².